The summed E-state index contributed by atoms with van der Waals surface area (Å²) in [6.07, 6.45) is -0.992. The van der Waals surface area contributed by atoms with Gasteiger partial charge in [-0.3, -0.25) is 4.79 Å². The second kappa shape index (κ2) is 7.57. The number of nitrogens with one attached hydrogen (secondary N) is 1. The molecule has 0 spiro atoms. The molecule has 0 saturated heterocycles. The summed E-state index contributed by atoms with van der Waals surface area (Å²) in [5.41, 5.74) is 2.70. The molecule has 0 radical (unpaired) electrons. The number of rotatable bonds is 4. The zero-order valence-corrected chi connectivity index (χ0v) is 15.1. The van der Waals surface area contributed by atoms with Crippen LogP contribution in [0.2, 0.25) is 0 Å². The molecule has 1 atom stereocenters. The number of aryl methyl sites for hydroxylation is 2. The van der Waals surface area contributed by atoms with E-state index >= 15 is 0 Å². The molecule has 0 heterocycles. The average Bonchev–Trinajstić information content (AvgIpc) is 2.50. The molecule has 0 saturated carbocycles. The molecule has 2 aromatic rings. The molecule has 4 nitrogen and oxygen atoms in total. The maximum Gasteiger partial charge on any atom is 0.340 e. The minimum Gasteiger partial charge on any atom is -0.449 e. The molecule has 1 amide bonds. The van der Waals surface area contributed by atoms with Crippen molar-refractivity contribution in [2.75, 3.05) is 5.32 Å². The number of anilines is 1. The summed E-state index contributed by atoms with van der Waals surface area (Å²) in [5, 5.41) is 2.77. The highest BCUT2D eigenvalue weighted by molar-refractivity contribution is 9.10. The minimum atomic E-state index is -0.992. The average molecular weight is 394 g/mol. The van der Waals surface area contributed by atoms with Crippen LogP contribution < -0.4 is 5.32 Å². The number of amides is 1. The van der Waals surface area contributed by atoms with Crippen molar-refractivity contribution in [3.63, 3.8) is 0 Å². The summed E-state index contributed by atoms with van der Waals surface area (Å²) in [6.45, 7) is 5.25. The SMILES string of the molecule is Cc1cccc(C)c1NC(=O)[C@@H](C)OC(=O)c1ccc(F)cc1Br. The molecule has 0 fully saturated rings. The molecule has 0 aliphatic rings. The van der Waals surface area contributed by atoms with E-state index in [-0.39, 0.29) is 10.0 Å². The predicted octanol–water partition coefficient (Wildman–Crippen LogP) is 4.39. The van der Waals surface area contributed by atoms with Crippen molar-refractivity contribution in [3.8, 4) is 0 Å². The Hall–Kier alpha value is -2.21. The van der Waals surface area contributed by atoms with Gasteiger partial charge in [0.25, 0.3) is 5.91 Å². The summed E-state index contributed by atoms with van der Waals surface area (Å²) in [4.78, 5) is 24.4. The van der Waals surface area contributed by atoms with Crippen molar-refractivity contribution in [1.82, 2.24) is 0 Å². The van der Waals surface area contributed by atoms with Crippen LogP contribution in [0.4, 0.5) is 10.1 Å². The Morgan fingerprint density at radius 3 is 2.38 bits per heavy atom. The van der Waals surface area contributed by atoms with Gasteiger partial charge in [-0.25, -0.2) is 9.18 Å². The Balaban J connectivity index is 2.07. The molecule has 1 N–H and O–H groups in total. The van der Waals surface area contributed by atoms with Gasteiger partial charge in [0.2, 0.25) is 0 Å². The van der Waals surface area contributed by atoms with E-state index in [9.17, 15) is 14.0 Å². The Bertz CT molecular complexity index is 772. The number of hydrogen-bond donors (Lipinski definition) is 1. The quantitative estimate of drug-likeness (QED) is 0.783. The van der Waals surface area contributed by atoms with Crippen LogP contribution in [-0.2, 0) is 9.53 Å². The van der Waals surface area contributed by atoms with Crippen LogP contribution in [0.25, 0.3) is 0 Å². The Morgan fingerprint density at radius 1 is 1.17 bits per heavy atom. The Labute approximate surface area is 148 Å². The van der Waals surface area contributed by atoms with Gasteiger partial charge >= 0.3 is 5.97 Å². The van der Waals surface area contributed by atoms with Gasteiger partial charge in [0.15, 0.2) is 6.10 Å². The van der Waals surface area contributed by atoms with Gasteiger partial charge in [-0.2, -0.15) is 0 Å². The second-order valence-corrected chi connectivity index (χ2v) is 6.28. The second-order valence-electron chi connectivity index (χ2n) is 5.43. The Kier molecular flexibility index (Phi) is 5.72. The van der Waals surface area contributed by atoms with Crippen LogP contribution in [0.1, 0.15) is 28.4 Å². The lowest BCUT2D eigenvalue weighted by Gasteiger charge is -2.16. The molecule has 0 aliphatic heterocycles. The maximum atomic E-state index is 13.1. The molecule has 0 bridgehead atoms. The lowest BCUT2D eigenvalue weighted by atomic mass is 10.1. The molecular formula is C18H17BrFNO3. The summed E-state index contributed by atoms with van der Waals surface area (Å²) in [5.74, 6) is -1.61. The van der Waals surface area contributed by atoms with E-state index in [1.165, 1.54) is 13.0 Å². The van der Waals surface area contributed by atoms with Crippen LogP contribution in [0.3, 0.4) is 0 Å². The smallest absolute Gasteiger partial charge is 0.340 e. The number of benzene rings is 2. The van der Waals surface area contributed by atoms with E-state index in [1.807, 2.05) is 32.0 Å². The lowest BCUT2D eigenvalue weighted by Crippen LogP contribution is -2.30. The fourth-order valence-electron chi connectivity index (χ4n) is 2.17. The molecular weight excluding hydrogens is 377 g/mol. The maximum absolute atomic E-state index is 13.1. The van der Waals surface area contributed by atoms with Crippen LogP contribution in [0, 0.1) is 19.7 Å². The van der Waals surface area contributed by atoms with E-state index in [0.29, 0.717) is 5.69 Å². The zero-order chi connectivity index (χ0) is 17.9. The summed E-state index contributed by atoms with van der Waals surface area (Å²) in [6, 6.07) is 9.29. The molecule has 24 heavy (non-hydrogen) atoms. The van der Waals surface area contributed by atoms with E-state index in [4.69, 9.17) is 4.74 Å². The van der Waals surface area contributed by atoms with Crippen molar-refractivity contribution >= 4 is 33.5 Å². The minimum absolute atomic E-state index is 0.156. The first-order valence-electron chi connectivity index (χ1n) is 7.32. The van der Waals surface area contributed by atoms with E-state index in [1.54, 1.807) is 0 Å². The first kappa shape index (κ1) is 18.1. The number of esters is 1. The number of carbonyl (C=O) groups is 2. The van der Waals surface area contributed by atoms with Gasteiger partial charge < -0.3 is 10.1 Å². The summed E-state index contributed by atoms with van der Waals surface area (Å²) < 4.78 is 18.5. The van der Waals surface area contributed by atoms with Crippen LogP contribution in [0.5, 0.6) is 0 Å². The fourth-order valence-corrected chi connectivity index (χ4v) is 2.68. The van der Waals surface area contributed by atoms with Gasteiger partial charge in [0, 0.05) is 10.2 Å². The van der Waals surface area contributed by atoms with Gasteiger partial charge in [0.05, 0.1) is 5.56 Å². The van der Waals surface area contributed by atoms with Crippen LogP contribution >= 0.6 is 15.9 Å². The third-order valence-electron chi connectivity index (χ3n) is 3.53. The van der Waals surface area contributed by atoms with E-state index in [0.717, 1.165) is 23.3 Å². The van der Waals surface area contributed by atoms with Crippen LogP contribution in [0.15, 0.2) is 40.9 Å². The lowest BCUT2D eigenvalue weighted by molar-refractivity contribution is -0.123. The van der Waals surface area contributed by atoms with Crippen molar-refractivity contribution in [2.45, 2.75) is 26.9 Å². The predicted molar refractivity (Wildman–Crippen MR) is 93.5 cm³/mol. The van der Waals surface area contributed by atoms with Crippen molar-refractivity contribution in [3.05, 3.63) is 63.4 Å². The first-order valence-corrected chi connectivity index (χ1v) is 8.12. The third-order valence-corrected chi connectivity index (χ3v) is 4.19. The van der Waals surface area contributed by atoms with Gasteiger partial charge in [-0.05, 0) is 66.0 Å². The highest BCUT2D eigenvalue weighted by Gasteiger charge is 2.21. The van der Waals surface area contributed by atoms with Gasteiger partial charge in [-0.1, -0.05) is 18.2 Å². The van der Waals surface area contributed by atoms with E-state index in [2.05, 4.69) is 21.2 Å². The first-order chi connectivity index (χ1) is 11.3. The number of carbonyl (C=O) groups excluding carboxylic acids is 2. The topological polar surface area (TPSA) is 55.4 Å². The monoisotopic (exact) mass is 393 g/mol. The van der Waals surface area contributed by atoms with E-state index < -0.39 is 23.8 Å². The molecule has 2 rings (SSSR count). The molecule has 6 heteroatoms. The highest BCUT2D eigenvalue weighted by atomic mass is 79.9. The number of halogens is 2. The van der Waals surface area contributed by atoms with Crippen molar-refractivity contribution in [2.24, 2.45) is 0 Å². The molecule has 0 unspecified atom stereocenters. The number of para-hydroxylation sites is 1. The van der Waals surface area contributed by atoms with Gasteiger partial charge in [0.1, 0.15) is 5.82 Å². The van der Waals surface area contributed by atoms with Gasteiger partial charge in [-0.15, -0.1) is 0 Å². The molecule has 0 aliphatic carbocycles. The molecule has 2 aromatic carbocycles. The summed E-state index contributed by atoms with van der Waals surface area (Å²) >= 11 is 3.11. The zero-order valence-electron chi connectivity index (χ0n) is 13.5. The highest BCUT2D eigenvalue weighted by Crippen LogP contribution is 2.21. The summed E-state index contributed by atoms with van der Waals surface area (Å²) in [7, 11) is 0. The molecule has 0 aromatic heterocycles. The number of ether oxygens (including phenoxy) is 1. The standard InChI is InChI=1S/C18H17BrFNO3/c1-10-5-4-6-11(2)16(10)21-17(22)12(3)24-18(23)14-8-7-13(20)9-15(14)19/h4-9,12H,1-3H3,(H,21,22)/t12-/m1/s1. The largest absolute Gasteiger partial charge is 0.449 e. The molecule has 126 valence electrons. The number of hydrogen-bond acceptors (Lipinski definition) is 3. The van der Waals surface area contributed by atoms with Crippen molar-refractivity contribution < 1.29 is 18.7 Å². The van der Waals surface area contributed by atoms with Crippen molar-refractivity contribution in [1.29, 1.82) is 0 Å². The Morgan fingerprint density at radius 2 is 1.79 bits per heavy atom. The fraction of sp³-hybridized carbons (Fsp3) is 0.222. The normalized spacial score (nSPS) is 11.7. The third kappa shape index (κ3) is 4.20. The van der Waals surface area contributed by atoms with Crippen LogP contribution in [-0.4, -0.2) is 18.0 Å².